The van der Waals surface area contributed by atoms with Crippen molar-refractivity contribution in [3.05, 3.63) is 95.2 Å². The maximum atomic E-state index is 13.4. The van der Waals surface area contributed by atoms with Crippen molar-refractivity contribution >= 4 is 32.6 Å². The summed E-state index contributed by atoms with van der Waals surface area (Å²) >= 11 is 0. The van der Waals surface area contributed by atoms with Crippen LogP contribution in [0.3, 0.4) is 0 Å². The zero-order valence-corrected chi connectivity index (χ0v) is 28.7. The largest absolute Gasteiger partial charge is 0.461 e. The van der Waals surface area contributed by atoms with E-state index in [1.54, 1.807) is 47.4 Å². The van der Waals surface area contributed by atoms with Gasteiger partial charge in [-0.05, 0) is 72.5 Å². The molecule has 0 bridgehead atoms. The molecular formula is C36H38F4N4O6S. The molecular weight excluding hydrogens is 692 g/mol. The zero-order chi connectivity index (χ0) is 36.3. The van der Waals surface area contributed by atoms with Crippen molar-refractivity contribution in [2.24, 2.45) is 0 Å². The fraction of sp³-hybridized carbons (Fsp3) is 0.389. The fourth-order valence-electron chi connectivity index (χ4n) is 6.34. The number of nitrogens with one attached hydrogen (secondary N) is 1. The predicted octanol–water partition coefficient (Wildman–Crippen LogP) is 5.43. The molecule has 51 heavy (non-hydrogen) atoms. The van der Waals surface area contributed by atoms with Gasteiger partial charge in [-0.3, -0.25) is 19.4 Å². The lowest BCUT2D eigenvalue weighted by atomic mass is 10.0. The Morgan fingerprint density at radius 1 is 0.882 bits per heavy atom. The Balaban J connectivity index is 0.973. The van der Waals surface area contributed by atoms with Crippen LogP contribution in [-0.2, 0) is 22.9 Å². The molecule has 2 fully saturated rings. The highest BCUT2D eigenvalue weighted by atomic mass is 32.2. The molecule has 6 rings (SSSR count). The molecule has 15 heteroatoms. The summed E-state index contributed by atoms with van der Waals surface area (Å²) < 4.78 is 85.1. The molecule has 0 unspecified atom stereocenters. The summed E-state index contributed by atoms with van der Waals surface area (Å²) in [4.78, 5) is 32.8. The van der Waals surface area contributed by atoms with Crippen LogP contribution in [0.15, 0.2) is 82.1 Å². The summed E-state index contributed by atoms with van der Waals surface area (Å²) in [6.07, 6.45) is -6.07. The molecule has 0 spiro atoms. The molecule has 10 nitrogen and oxygen atoms in total. The number of sulfone groups is 1. The second-order valence-corrected chi connectivity index (χ2v) is 15.0. The first-order valence-electron chi connectivity index (χ1n) is 16.5. The number of ether oxygens (including phenoxy) is 1. The highest BCUT2D eigenvalue weighted by molar-refractivity contribution is 7.90. The number of rotatable bonds is 11. The summed E-state index contributed by atoms with van der Waals surface area (Å²) in [5.74, 6) is -0.689. The van der Waals surface area contributed by atoms with Crippen molar-refractivity contribution in [1.29, 1.82) is 0 Å². The smallest absolute Gasteiger partial charge is 0.451 e. The summed E-state index contributed by atoms with van der Waals surface area (Å²) in [6.45, 7) is 4.70. The van der Waals surface area contributed by atoms with Crippen molar-refractivity contribution in [3.63, 3.8) is 0 Å². The van der Waals surface area contributed by atoms with E-state index in [1.165, 1.54) is 24.5 Å². The van der Waals surface area contributed by atoms with Gasteiger partial charge in [-0.15, -0.1) is 0 Å². The Kier molecular flexibility index (Phi) is 10.7. The number of piperazine rings is 1. The molecule has 272 valence electrons. The molecule has 1 aromatic heterocycles. The van der Waals surface area contributed by atoms with Crippen LogP contribution >= 0.6 is 0 Å². The number of furan rings is 1. The number of benzene rings is 3. The second-order valence-electron chi connectivity index (χ2n) is 13.0. The molecule has 2 aliphatic heterocycles. The van der Waals surface area contributed by atoms with Gasteiger partial charge in [-0.2, -0.15) is 17.6 Å². The van der Waals surface area contributed by atoms with Crippen LogP contribution < -0.4 is 10.1 Å². The number of hydrogen-bond acceptors (Lipinski definition) is 8. The Morgan fingerprint density at radius 3 is 2.22 bits per heavy atom. The molecule has 3 aromatic carbocycles. The van der Waals surface area contributed by atoms with E-state index in [4.69, 9.17) is 4.42 Å². The van der Waals surface area contributed by atoms with Gasteiger partial charge in [-0.25, -0.2) is 8.42 Å². The van der Waals surface area contributed by atoms with Gasteiger partial charge in [0, 0.05) is 75.6 Å². The van der Waals surface area contributed by atoms with E-state index in [1.807, 2.05) is 12.1 Å². The standard InChI is InChI=1S/C36H38F4N4O6S/c1-51(47,48)30-8-5-24(6-9-30)22-43-15-17-44(18-16-43)34(46)26-7-10-31-27(20-26)21-32(49-31)33(45)41-28-11-13-42(14-12-28)23-25-3-2-4-29(19-25)50-36(39,40)35(37)38/h2-10,19-21,28,35H,11-18,22-23H2,1H3,(H,41,45). The van der Waals surface area contributed by atoms with Crippen LogP contribution in [0.4, 0.5) is 17.6 Å². The maximum absolute atomic E-state index is 13.4. The Morgan fingerprint density at radius 2 is 1.55 bits per heavy atom. The number of fused-ring (bicyclic) bond motifs is 1. The molecule has 0 saturated carbocycles. The summed E-state index contributed by atoms with van der Waals surface area (Å²) in [6, 6.07) is 19.1. The van der Waals surface area contributed by atoms with E-state index in [9.17, 15) is 35.6 Å². The van der Waals surface area contributed by atoms with Gasteiger partial charge in [0.2, 0.25) is 0 Å². The molecule has 1 N–H and O–H groups in total. The zero-order valence-electron chi connectivity index (χ0n) is 27.9. The van der Waals surface area contributed by atoms with Crippen molar-refractivity contribution in [2.75, 3.05) is 45.5 Å². The number of nitrogens with zero attached hydrogens (tertiary/aromatic N) is 3. The Hall–Kier alpha value is -4.47. The van der Waals surface area contributed by atoms with Crippen LogP contribution in [-0.4, -0.2) is 99.0 Å². The highest BCUT2D eigenvalue weighted by Gasteiger charge is 2.44. The molecule has 0 atom stereocenters. The number of alkyl halides is 4. The normalized spacial score (nSPS) is 16.9. The third-order valence-electron chi connectivity index (χ3n) is 9.14. The number of piperidine rings is 1. The Labute approximate surface area is 292 Å². The maximum Gasteiger partial charge on any atom is 0.461 e. The molecule has 4 aromatic rings. The molecule has 2 saturated heterocycles. The summed E-state index contributed by atoms with van der Waals surface area (Å²) in [5.41, 5.74) is 2.61. The molecule has 0 aliphatic carbocycles. The topological polar surface area (TPSA) is 112 Å². The van der Waals surface area contributed by atoms with Crippen LogP contribution in [0.25, 0.3) is 11.0 Å². The van der Waals surface area contributed by atoms with Crippen molar-refractivity contribution < 1.29 is 44.7 Å². The first-order valence-corrected chi connectivity index (χ1v) is 18.4. The molecule has 2 amide bonds. The summed E-state index contributed by atoms with van der Waals surface area (Å²) in [7, 11) is -3.25. The number of carbonyl (C=O) groups excluding carboxylic acids is 2. The van der Waals surface area contributed by atoms with E-state index in [0.717, 1.165) is 5.56 Å². The van der Waals surface area contributed by atoms with E-state index < -0.39 is 22.4 Å². The average Bonchev–Trinajstić information content (AvgIpc) is 3.53. The highest BCUT2D eigenvalue weighted by Crippen LogP contribution is 2.29. The Bertz CT molecular complexity index is 1970. The number of amides is 2. The minimum Gasteiger partial charge on any atom is -0.451 e. The number of halogens is 4. The third-order valence-corrected chi connectivity index (χ3v) is 10.3. The van der Waals surface area contributed by atoms with Gasteiger partial charge < -0.3 is 19.4 Å². The lowest BCUT2D eigenvalue weighted by Crippen LogP contribution is -2.48. The van der Waals surface area contributed by atoms with Crippen molar-refractivity contribution in [2.45, 2.75) is 49.4 Å². The van der Waals surface area contributed by atoms with E-state index >= 15 is 0 Å². The van der Waals surface area contributed by atoms with Gasteiger partial charge in [0.15, 0.2) is 15.6 Å². The predicted molar refractivity (Wildman–Crippen MR) is 181 cm³/mol. The lowest BCUT2D eigenvalue weighted by molar-refractivity contribution is -0.253. The number of likely N-dealkylation sites (tertiary alicyclic amines) is 1. The second kappa shape index (κ2) is 15.0. The quantitative estimate of drug-likeness (QED) is 0.204. The van der Waals surface area contributed by atoms with E-state index in [2.05, 4.69) is 19.9 Å². The minimum absolute atomic E-state index is 0.113. The number of hydrogen-bond donors (Lipinski definition) is 1. The van der Waals surface area contributed by atoms with Gasteiger partial charge in [0.05, 0.1) is 4.90 Å². The first kappa shape index (κ1) is 36.3. The van der Waals surface area contributed by atoms with Crippen LogP contribution in [0.2, 0.25) is 0 Å². The number of carbonyl (C=O) groups is 2. The van der Waals surface area contributed by atoms with E-state index in [0.29, 0.717) is 87.3 Å². The molecule has 3 heterocycles. The van der Waals surface area contributed by atoms with Gasteiger partial charge in [0.25, 0.3) is 11.8 Å². The average molecular weight is 731 g/mol. The van der Waals surface area contributed by atoms with Crippen LogP contribution in [0, 0.1) is 0 Å². The van der Waals surface area contributed by atoms with Gasteiger partial charge in [-0.1, -0.05) is 24.3 Å². The summed E-state index contributed by atoms with van der Waals surface area (Å²) in [5, 5.41) is 3.64. The monoisotopic (exact) mass is 730 g/mol. The lowest BCUT2D eigenvalue weighted by Gasteiger charge is -2.34. The van der Waals surface area contributed by atoms with Crippen LogP contribution in [0.1, 0.15) is 44.9 Å². The molecule has 0 radical (unpaired) electrons. The van der Waals surface area contributed by atoms with Crippen LogP contribution in [0.5, 0.6) is 5.75 Å². The van der Waals surface area contributed by atoms with Gasteiger partial charge >= 0.3 is 12.5 Å². The fourth-order valence-corrected chi connectivity index (χ4v) is 6.97. The first-order chi connectivity index (χ1) is 24.2. The minimum atomic E-state index is -4.58. The van der Waals surface area contributed by atoms with Crippen molar-refractivity contribution in [1.82, 2.24) is 20.0 Å². The SMILES string of the molecule is CS(=O)(=O)c1ccc(CN2CCN(C(=O)c3ccc4oc(C(=O)NC5CCN(Cc6cccc(OC(F)(F)C(F)F)c6)CC5)cc4c3)CC2)cc1. The molecule has 2 aliphatic rings. The van der Waals surface area contributed by atoms with Gasteiger partial charge in [0.1, 0.15) is 11.3 Å². The third kappa shape index (κ3) is 9.07. The van der Waals surface area contributed by atoms with E-state index in [-0.39, 0.29) is 34.3 Å². The van der Waals surface area contributed by atoms with Crippen molar-refractivity contribution in [3.8, 4) is 5.75 Å².